The fourth-order valence-corrected chi connectivity index (χ4v) is 0.432. The molecule has 64 valence electrons. The van der Waals surface area contributed by atoms with Gasteiger partial charge in [-0.3, -0.25) is 0 Å². The first-order chi connectivity index (χ1) is 4.95. The van der Waals surface area contributed by atoms with Crippen LogP contribution in [0.2, 0.25) is 0 Å². The lowest BCUT2D eigenvalue weighted by Gasteiger charge is -2.15. The number of allylic oxidation sites excluding steroid dienone is 1. The first-order valence-corrected chi connectivity index (χ1v) is 3.47. The zero-order valence-electron chi connectivity index (χ0n) is 7.13. The van der Waals surface area contributed by atoms with E-state index in [1.165, 1.54) is 6.08 Å². The molecule has 0 aromatic rings. The monoisotopic (exact) mass is 158 g/mol. The summed E-state index contributed by atoms with van der Waals surface area (Å²) >= 11 is 0. The van der Waals surface area contributed by atoms with Crippen molar-refractivity contribution in [2.45, 2.75) is 26.4 Å². The van der Waals surface area contributed by atoms with Crippen molar-refractivity contribution in [1.29, 1.82) is 0 Å². The van der Waals surface area contributed by atoms with Gasteiger partial charge in [0.05, 0.1) is 5.60 Å². The molecule has 1 N–H and O–H groups in total. The molecule has 0 aliphatic carbocycles. The topological polar surface area (TPSA) is 46.5 Å². The Labute approximate surface area is 66.7 Å². The fraction of sp³-hybridized carbons (Fsp3) is 0.625. The number of hydrogen-bond donors (Lipinski definition) is 1. The lowest BCUT2D eigenvalue weighted by atomic mass is 10.2. The fourth-order valence-electron chi connectivity index (χ4n) is 0.432. The number of esters is 1. The normalized spacial score (nSPS) is 12.0. The van der Waals surface area contributed by atoms with Gasteiger partial charge >= 0.3 is 5.97 Å². The van der Waals surface area contributed by atoms with Crippen LogP contribution in [0.25, 0.3) is 0 Å². The van der Waals surface area contributed by atoms with Crippen LogP contribution in [0.1, 0.15) is 20.8 Å². The summed E-state index contributed by atoms with van der Waals surface area (Å²) in [6, 6.07) is 0. The van der Waals surface area contributed by atoms with Gasteiger partial charge in [-0.25, -0.2) is 4.79 Å². The van der Waals surface area contributed by atoms with Crippen molar-refractivity contribution < 1.29 is 14.6 Å². The minimum absolute atomic E-state index is 0.0240. The van der Waals surface area contributed by atoms with Crippen molar-refractivity contribution in [2.75, 3.05) is 6.61 Å². The molecule has 3 heteroatoms. The van der Waals surface area contributed by atoms with Crippen molar-refractivity contribution in [2.24, 2.45) is 0 Å². The second-order valence-corrected chi connectivity index (χ2v) is 2.92. The Morgan fingerprint density at radius 3 is 2.55 bits per heavy atom. The van der Waals surface area contributed by atoms with E-state index < -0.39 is 11.6 Å². The van der Waals surface area contributed by atoms with Gasteiger partial charge in [0, 0.05) is 6.08 Å². The third kappa shape index (κ3) is 7.06. The Balaban J connectivity index is 3.63. The second kappa shape index (κ2) is 4.13. The van der Waals surface area contributed by atoms with E-state index in [0.717, 1.165) is 0 Å². The van der Waals surface area contributed by atoms with Gasteiger partial charge in [0.25, 0.3) is 0 Å². The molecule has 0 spiro atoms. The van der Waals surface area contributed by atoms with Crippen LogP contribution in [0.4, 0.5) is 0 Å². The first kappa shape index (κ1) is 10.2. The van der Waals surface area contributed by atoms with E-state index in [4.69, 9.17) is 5.11 Å². The molecule has 0 saturated carbocycles. The molecule has 0 aliphatic heterocycles. The average molecular weight is 158 g/mol. The molecule has 0 heterocycles. The van der Waals surface area contributed by atoms with E-state index in [1.54, 1.807) is 26.8 Å². The summed E-state index contributed by atoms with van der Waals surface area (Å²) in [6.07, 6.45) is 2.90. The molecule has 0 aromatic carbocycles. The number of ether oxygens (including phenoxy) is 1. The second-order valence-electron chi connectivity index (χ2n) is 2.92. The third-order valence-corrected chi connectivity index (χ3v) is 0.870. The minimum atomic E-state index is -0.947. The van der Waals surface area contributed by atoms with Gasteiger partial charge in [-0.05, 0) is 20.8 Å². The van der Waals surface area contributed by atoms with Crippen molar-refractivity contribution >= 4 is 5.97 Å². The Hall–Kier alpha value is -0.830. The summed E-state index contributed by atoms with van der Waals surface area (Å²) in [4.78, 5) is 10.7. The Bertz CT molecular complexity index is 153. The minimum Gasteiger partial charge on any atom is -0.459 e. The predicted molar refractivity (Wildman–Crippen MR) is 42.1 cm³/mol. The van der Waals surface area contributed by atoms with Crippen molar-refractivity contribution in [1.82, 2.24) is 0 Å². The summed E-state index contributed by atoms with van der Waals surface area (Å²) in [5.74, 6) is -0.422. The van der Waals surface area contributed by atoms with E-state index in [1.807, 2.05) is 0 Å². The molecule has 0 fully saturated rings. The van der Waals surface area contributed by atoms with Gasteiger partial charge in [0.1, 0.15) is 6.61 Å². The van der Waals surface area contributed by atoms with Gasteiger partial charge in [0.15, 0.2) is 0 Å². The Morgan fingerprint density at radius 1 is 1.64 bits per heavy atom. The molecule has 0 rings (SSSR count). The highest BCUT2D eigenvalue weighted by Crippen LogP contribution is 2.00. The number of carbonyl (C=O) groups excluding carboxylic acids is 1. The lowest BCUT2D eigenvalue weighted by molar-refractivity contribution is -0.143. The maximum Gasteiger partial charge on any atom is 0.330 e. The number of aliphatic hydroxyl groups is 1. The zero-order chi connectivity index (χ0) is 8.91. The van der Waals surface area contributed by atoms with Gasteiger partial charge < -0.3 is 9.84 Å². The van der Waals surface area contributed by atoms with Gasteiger partial charge in [-0.2, -0.15) is 0 Å². The van der Waals surface area contributed by atoms with Gasteiger partial charge in [0.2, 0.25) is 0 Å². The number of carbonyl (C=O) groups is 1. The highest BCUT2D eigenvalue weighted by molar-refractivity contribution is 5.81. The standard InChI is InChI=1S/C8H14O3/c1-4-5-7(9)11-6-8(2,3)10/h4-5,10H,6H2,1-3H3/b5-4+. The number of hydrogen-bond acceptors (Lipinski definition) is 3. The van der Waals surface area contributed by atoms with E-state index in [-0.39, 0.29) is 6.61 Å². The molecular weight excluding hydrogens is 144 g/mol. The van der Waals surface area contributed by atoms with Crippen LogP contribution < -0.4 is 0 Å². The molecule has 11 heavy (non-hydrogen) atoms. The molecule has 0 radical (unpaired) electrons. The highest BCUT2D eigenvalue weighted by atomic mass is 16.5. The molecule has 0 amide bonds. The van der Waals surface area contributed by atoms with E-state index in [9.17, 15) is 4.79 Å². The summed E-state index contributed by atoms with van der Waals surface area (Å²) in [7, 11) is 0. The quantitative estimate of drug-likeness (QED) is 0.490. The van der Waals surface area contributed by atoms with Crippen LogP contribution >= 0.6 is 0 Å². The molecule has 0 aliphatic rings. The maximum atomic E-state index is 10.7. The van der Waals surface area contributed by atoms with Crippen molar-refractivity contribution in [3.63, 3.8) is 0 Å². The maximum absolute atomic E-state index is 10.7. The molecular formula is C8H14O3. The summed E-state index contributed by atoms with van der Waals surface area (Å²) in [5, 5.41) is 9.13. The highest BCUT2D eigenvalue weighted by Gasteiger charge is 2.13. The molecule has 0 unspecified atom stereocenters. The van der Waals surface area contributed by atoms with Crippen LogP contribution in [0.5, 0.6) is 0 Å². The molecule has 0 atom stereocenters. The third-order valence-electron chi connectivity index (χ3n) is 0.870. The molecule has 3 nitrogen and oxygen atoms in total. The van der Waals surface area contributed by atoms with Gasteiger partial charge in [-0.1, -0.05) is 6.08 Å². The average Bonchev–Trinajstić information content (AvgIpc) is 1.83. The SMILES string of the molecule is C/C=C/C(=O)OCC(C)(C)O. The molecule has 0 bridgehead atoms. The van der Waals surface area contributed by atoms with Crippen LogP contribution in [0.3, 0.4) is 0 Å². The van der Waals surface area contributed by atoms with Crippen molar-refractivity contribution in [3.05, 3.63) is 12.2 Å². The smallest absolute Gasteiger partial charge is 0.330 e. The largest absolute Gasteiger partial charge is 0.459 e. The first-order valence-electron chi connectivity index (χ1n) is 3.47. The van der Waals surface area contributed by atoms with Gasteiger partial charge in [-0.15, -0.1) is 0 Å². The van der Waals surface area contributed by atoms with E-state index >= 15 is 0 Å². The molecule has 0 aromatic heterocycles. The lowest BCUT2D eigenvalue weighted by Crippen LogP contribution is -2.27. The van der Waals surface area contributed by atoms with Crippen LogP contribution in [-0.4, -0.2) is 23.3 Å². The number of rotatable bonds is 3. The van der Waals surface area contributed by atoms with E-state index in [2.05, 4.69) is 4.74 Å². The zero-order valence-corrected chi connectivity index (χ0v) is 7.13. The Kier molecular flexibility index (Phi) is 3.82. The summed E-state index contributed by atoms with van der Waals surface area (Å²) < 4.78 is 4.67. The van der Waals surface area contributed by atoms with Crippen LogP contribution in [0, 0.1) is 0 Å². The van der Waals surface area contributed by atoms with Crippen LogP contribution in [-0.2, 0) is 9.53 Å². The van der Waals surface area contributed by atoms with Crippen LogP contribution in [0.15, 0.2) is 12.2 Å². The molecule has 0 saturated heterocycles. The van der Waals surface area contributed by atoms with Crippen molar-refractivity contribution in [3.8, 4) is 0 Å². The predicted octanol–water partition coefficient (Wildman–Crippen LogP) is 0.877. The Morgan fingerprint density at radius 2 is 2.18 bits per heavy atom. The summed E-state index contributed by atoms with van der Waals surface area (Å²) in [6.45, 7) is 4.91. The summed E-state index contributed by atoms with van der Waals surface area (Å²) in [5.41, 5.74) is -0.947. The van der Waals surface area contributed by atoms with E-state index in [0.29, 0.717) is 0 Å².